The summed E-state index contributed by atoms with van der Waals surface area (Å²) in [7, 11) is 0. The lowest BCUT2D eigenvalue weighted by atomic mass is 9.45. The molecule has 0 amide bonds. The minimum absolute atomic E-state index is 0.000470. The molecule has 4 heterocycles. The Morgan fingerprint density at radius 1 is 0.939 bits per heavy atom. The molecule has 4 aromatic rings. The monoisotopic (exact) mass is 899 g/mol. The Bertz CT molecular complexity index is 2710. The number of rotatable bonds is 11. The van der Waals surface area contributed by atoms with Crippen molar-refractivity contribution in [2.45, 2.75) is 130 Å². The second-order valence-electron chi connectivity index (χ2n) is 20.3. The van der Waals surface area contributed by atoms with E-state index in [1.54, 1.807) is 54.0 Å². The van der Waals surface area contributed by atoms with Crippen LogP contribution in [0.1, 0.15) is 131 Å². The Balaban J connectivity index is 0.795. The topological polar surface area (TPSA) is 164 Å². The van der Waals surface area contributed by atoms with Crippen LogP contribution >= 0.6 is 0 Å². The van der Waals surface area contributed by atoms with E-state index in [-0.39, 0.29) is 58.9 Å². The van der Waals surface area contributed by atoms with E-state index in [9.17, 15) is 29.1 Å². The van der Waals surface area contributed by atoms with Crippen LogP contribution < -0.4 is 10.3 Å². The van der Waals surface area contributed by atoms with Gasteiger partial charge < -0.3 is 28.6 Å². The van der Waals surface area contributed by atoms with Crippen molar-refractivity contribution in [3.05, 3.63) is 86.7 Å². The van der Waals surface area contributed by atoms with E-state index in [0.717, 1.165) is 87.4 Å². The number of benzene rings is 2. The molecule has 348 valence electrons. The number of ether oxygens (including phenoxy) is 4. The Labute approximate surface area is 385 Å². The second-order valence-corrected chi connectivity index (χ2v) is 20.3. The van der Waals surface area contributed by atoms with Gasteiger partial charge in [-0.3, -0.25) is 14.5 Å². The average Bonchev–Trinajstić information content (AvgIpc) is 3.84. The zero-order valence-electron chi connectivity index (χ0n) is 38.8. The molecule has 10 rings (SSSR count). The summed E-state index contributed by atoms with van der Waals surface area (Å²) >= 11 is 0. The normalized spacial score (nSPS) is 29.5. The molecule has 4 aliphatic carbocycles. The molecule has 0 spiro atoms. The first-order valence-corrected chi connectivity index (χ1v) is 24.2. The van der Waals surface area contributed by atoms with Crippen LogP contribution in [0.5, 0.6) is 11.5 Å². The predicted octanol–water partition coefficient (Wildman–Crippen LogP) is 8.39. The molecule has 2 aromatic heterocycles. The molecule has 0 saturated heterocycles. The Kier molecular flexibility index (Phi) is 11.2. The number of aromatic nitrogens is 2. The quantitative estimate of drug-likeness (QED) is 0.0997. The van der Waals surface area contributed by atoms with Crippen LogP contribution in [-0.4, -0.2) is 69.0 Å². The fourth-order valence-electron chi connectivity index (χ4n) is 13.5. The van der Waals surface area contributed by atoms with Crippen molar-refractivity contribution in [1.82, 2.24) is 14.5 Å². The molecule has 6 aliphatic rings. The molecule has 13 nitrogen and oxygen atoms in total. The average molecular weight is 900 g/mol. The van der Waals surface area contributed by atoms with Gasteiger partial charge in [-0.25, -0.2) is 19.4 Å². The number of carbonyl (C=O) groups is 4. The number of esters is 3. The summed E-state index contributed by atoms with van der Waals surface area (Å²) in [6.45, 7) is 12.1. The molecule has 1 N–H and O–H groups in total. The third kappa shape index (κ3) is 7.04. The highest BCUT2D eigenvalue weighted by atomic mass is 16.6. The van der Waals surface area contributed by atoms with Gasteiger partial charge in [-0.15, -0.1) is 0 Å². The molecule has 0 radical (unpaired) electrons. The number of hydrogen-bond donors (Lipinski definition) is 1. The number of hydrogen-bond acceptors (Lipinski definition) is 12. The molecule has 4 fully saturated rings. The molecular weight excluding hydrogens is 839 g/mol. The number of phenolic OH excluding ortho intramolecular Hbond substituents is 1. The van der Waals surface area contributed by atoms with Crippen LogP contribution in [0.4, 0.5) is 0 Å². The van der Waals surface area contributed by atoms with E-state index in [1.165, 1.54) is 0 Å². The number of cyclic esters (lactones) is 1. The lowest BCUT2D eigenvalue weighted by Crippen LogP contribution is -2.54. The fourth-order valence-corrected chi connectivity index (χ4v) is 13.5. The number of ketones is 1. The summed E-state index contributed by atoms with van der Waals surface area (Å²) in [4.78, 5) is 74.8. The maximum Gasteiger partial charge on any atom is 0.355 e. The van der Waals surface area contributed by atoms with Crippen LogP contribution in [0.25, 0.3) is 22.3 Å². The van der Waals surface area contributed by atoms with Gasteiger partial charge in [0, 0.05) is 40.5 Å². The van der Waals surface area contributed by atoms with Gasteiger partial charge in [-0.2, -0.15) is 0 Å². The summed E-state index contributed by atoms with van der Waals surface area (Å²) in [5.74, 6) is 1.20. The SMILES string of the molecule is CCN(CC)Cc1c(O)ccc2nc3c(cc12)Cn1c-3cc2c(c1=O)COC(=O)[C@@]2(CC)OC(=O)COc1ccc(C(=O)O[C@H]2CC[C@@]3(C)C(CCC4C3CC[C@]3(C)C(=O)CCC43)C2)cc1. The van der Waals surface area contributed by atoms with Crippen molar-refractivity contribution in [2.75, 3.05) is 19.7 Å². The highest BCUT2D eigenvalue weighted by molar-refractivity contribution is 5.91. The van der Waals surface area contributed by atoms with Crippen LogP contribution in [-0.2, 0) is 53.9 Å². The first-order chi connectivity index (χ1) is 31.7. The largest absolute Gasteiger partial charge is 0.508 e. The molecule has 0 bridgehead atoms. The number of phenols is 1. The summed E-state index contributed by atoms with van der Waals surface area (Å²) in [6.07, 6.45) is 8.73. The lowest BCUT2D eigenvalue weighted by Gasteiger charge is -2.60. The van der Waals surface area contributed by atoms with Gasteiger partial charge >= 0.3 is 17.9 Å². The number of fused-ring (bicyclic) bond motifs is 10. The number of Topliss-reactive ketones (excluding diaryl/α,β-unsaturated/α-hetero) is 1. The van der Waals surface area contributed by atoms with Gasteiger partial charge in [-0.1, -0.05) is 34.6 Å². The van der Waals surface area contributed by atoms with E-state index in [4.69, 9.17) is 23.9 Å². The Morgan fingerprint density at radius 3 is 2.48 bits per heavy atom. The van der Waals surface area contributed by atoms with Crippen molar-refractivity contribution < 1.29 is 43.2 Å². The highest BCUT2D eigenvalue weighted by Crippen LogP contribution is 2.65. The van der Waals surface area contributed by atoms with E-state index >= 15 is 0 Å². The van der Waals surface area contributed by atoms with Crippen LogP contribution in [0.15, 0.2) is 53.3 Å². The molecular formula is C53H61N3O10. The van der Waals surface area contributed by atoms with Crippen molar-refractivity contribution >= 4 is 34.6 Å². The van der Waals surface area contributed by atoms with E-state index in [1.807, 2.05) is 6.07 Å². The van der Waals surface area contributed by atoms with Gasteiger partial charge in [0.15, 0.2) is 6.61 Å². The van der Waals surface area contributed by atoms with Crippen molar-refractivity contribution in [1.29, 1.82) is 0 Å². The van der Waals surface area contributed by atoms with Crippen LogP contribution in [0.3, 0.4) is 0 Å². The number of aromatic hydroxyl groups is 1. The predicted molar refractivity (Wildman–Crippen MR) is 245 cm³/mol. The minimum Gasteiger partial charge on any atom is -0.508 e. The molecule has 2 aromatic carbocycles. The highest BCUT2D eigenvalue weighted by Gasteiger charge is 2.60. The summed E-state index contributed by atoms with van der Waals surface area (Å²) in [5.41, 5.74) is 1.97. The Morgan fingerprint density at radius 2 is 1.73 bits per heavy atom. The zero-order valence-corrected chi connectivity index (χ0v) is 38.8. The summed E-state index contributed by atoms with van der Waals surface area (Å²) < 4.78 is 25.0. The number of carbonyl (C=O) groups excluding carboxylic acids is 4. The lowest BCUT2D eigenvalue weighted by molar-refractivity contribution is -0.190. The van der Waals surface area contributed by atoms with E-state index in [0.29, 0.717) is 64.2 Å². The van der Waals surface area contributed by atoms with Gasteiger partial charge in [0.2, 0.25) is 5.60 Å². The van der Waals surface area contributed by atoms with E-state index in [2.05, 4.69) is 32.6 Å². The van der Waals surface area contributed by atoms with Crippen molar-refractivity contribution in [3.8, 4) is 22.9 Å². The van der Waals surface area contributed by atoms with Gasteiger partial charge in [0.05, 0.1) is 34.6 Å². The van der Waals surface area contributed by atoms with E-state index < -0.39 is 30.1 Å². The fraction of sp³-hybridized carbons (Fsp3) is 0.547. The number of nitrogens with zero attached hydrogens (tertiary/aromatic N) is 3. The molecule has 4 saturated carbocycles. The second kappa shape index (κ2) is 16.6. The molecule has 4 unspecified atom stereocenters. The molecule has 8 atom stereocenters. The third-order valence-electron chi connectivity index (χ3n) is 17.4. The first-order valence-electron chi connectivity index (χ1n) is 24.2. The number of pyridine rings is 2. The zero-order chi connectivity index (χ0) is 46.3. The molecule has 66 heavy (non-hydrogen) atoms. The van der Waals surface area contributed by atoms with Gasteiger partial charge in [-0.05, 0) is 148 Å². The molecule has 13 heteroatoms. The molecule has 2 aliphatic heterocycles. The van der Waals surface area contributed by atoms with Gasteiger partial charge in [0.25, 0.3) is 5.56 Å². The maximum absolute atomic E-state index is 14.2. The minimum atomic E-state index is -1.90. The van der Waals surface area contributed by atoms with Gasteiger partial charge in [0.1, 0.15) is 30.0 Å². The van der Waals surface area contributed by atoms with Crippen LogP contribution in [0, 0.1) is 34.5 Å². The maximum atomic E-state index is 14.2. The smallest absolute Gasteiger partial charge is 0.355 e. The van der Waals surface area contributed by atoms with Crippen molar-refractivity contribution in [3.63, 3.8) is 0 Å². The summed E-state index contributed by atoms with van der Waals surface area (Å²) in [6, 6.07) is 13.5. The first kappa shape index (κ1) is 44.3. The standard InChI is InChI=1S/C53H61N3O10/c1-6-53(41-25-43-47-31(26-56(43)48(60)38(41)28-64-50(53)62)23-36-37(27-55(7-2)8-3)44(57)17-16-42(36)54-47)66-46(59)29-63-33-12-9-30(10-13-33)49(61)65-34-19-21-51(4)32(24-34)11-14-35-39-15-18-45(58)52(39,5)22-20-40(35)51/h9-10,12-13,16-17,23,25,32,34-35,39-40,57H,6-8,11,14-15,18-22,24,26-29H2,1-5H3/t32?,34-,35?,39?,40?,51-,52-,53-/m0/s1. The Hall–Kier alpha value is -5.56. The summed E-state index contributed by atoms with van der Waals surface area (Å²) in [5, 5.41) is 11.7. The third-order valence-corrected chi connectivity index (χ3v) is 17.4. The van der Waals surface area contributed by atoms with Crippen molar-refractivity contribution in [2.24, 2.45) is 34.5 Å². The van der Waals surface area contributed by atoms with Crippen LogP contribution in [0.2, 0.25) is 0 Å².